The van der Waals surface area contributed by atoms with E-state index in [0.717, 1.165) is 6.08 Å². The number of aliphatic carboxylic acids is 1. The topological polar surface area (TPSA) is 57.5 Å². The third-order valence-corrected chi connectivity index (χ3v) is 0.493. The lowest BCUT2D eigenvalue weighted by molar-refractivity contribution is -0.135. The zero-order valence-electron chi connectivity index (χ0n) is 3.88. The van der Waals surface area contributed by atoms with Gasteiger partial charge in [0.25, 0.3) is 0 Å². The molecule has 0 aliphatic carbocycles. The highest BCUT2D eigenvalue weighted by molar-refractivity contribution is 5.83. The Balaban J connectivity index is 3.82. The summed E-state index contributed by atoms with van der Waals surface area (Å²) in [5.41, 5.74) is 0. The Hall–Kier alpha value is -0.990. The molecule has 0 spiro atoms. The monoisotopic (exact) mass is 102 g/mol. The van der Waals surface area contributed by atoms with Gasteiger partial charge < -0.3 is 10.2 Å². The van der Waals surface area contributed by atoms with Gasteiger partial charge in [-0.25, -0.2) is 4.79 Å². The molecule has 0 radical (unpaired) electrons. The second-order valence-electron chi connectivity index (χ2n) is 0.979. The van der Waals surface area contributed by atoms with Crippen LogP contribution < -0.4 is 0 Å². The molecular weight excluding hydrogens is 96.0 g/mol. The lowest BCUT2D eigenvalue weighted by atomic mass is 10.5. The van der Waals surface area contributed by atoms with Crippen LogP contribution in [0.2, 0.25) is 0 Å². The zero-order chi connectivity index (χ0) is 5.86. The first-order chi connectivity index (χ1) is 3.18. The lowest BCUT2D eigenvalue weighted by Gasteiger charge is -1.83. The fraction of sp³-hybridized carbons (Fsp3) is 0.250. The molecule has 0 aromatic heterocycles. The van der Waals surface area contributed by atoms with Crippen molar-refractivity contribution >= 4 is 5.97 Å². The Bertz CT molecular complexity index is 104. The molecule has 3 heteroatoms. The van der Waals surface area contributed by atoms with E-state index >= 15 is 0 Å². The van der Waals surface area contributed by atoms with Gasteiger partial charge in [-0.05, 0) is 13.0 Å². The maximum atomic E-state index is 9.61. The summed E-state index contributed by atoms with van der Waals surface area (Å²) < 4.78 is 0. The summed E-state index contributed by atoms with van der Waals surface area (Å²) >= 11 is 0. The van der Waals surface area contributed by atoms with Crippen molar-refractivity contribution in [2.45, 2.75) is 6.92 Å². The van der Waals surface area contributed by atoms with Gasteiger partial charge in [0.15, 0.2) is 5.76 Å². The fourth-order valence-corrected chi connectivity index (χ4v) is 0.123. The molecule has 0 fully saturated rings. The number of allylic oxidation sites excluding steroid dienone is 1. The number of aliphatic hydroxyl groups is 1. The van der Waals surface area contributed by atoms with Crippen molar-refractivity contribution in [3.63, 3.8) is 0 Å². The highest BCUT2D eigenvalue weighted by Gasteiger charge is 1.97. The van der Waals surface area contributed by atoms with E-state index in [9.17, 15) is 4.79 Å². The SMILES string of the molecule is C/C=C(\O)C(=O)O. The minimum absolute atomic E-state index is 0.611. The van der Waals surface area contributed by atoms with Crippen molar-refractivity contribution in [2.75, 3.05) is 0 Å². The van der Waals surface area contributed by atoms with E-state index in [0.29, 0.717) is 0 Å². The van der Waals surface area contributed by atoms with Crippen LogP contribution in [-0.4, -0.2) is 16.2 Å². The van der Waals surface area contributed by atoms with E-state index in [4.69, 9.17) is 10.2 Å². The molecule has 40 valence electrons. The molecule has 3 nitrogen and oxygen atoms in total. The second kappa shape index (κ2) is 2.23. The van der Waals surface area contributed by atoms with Gasteiger partial charge in [-0.3, -0.25) is 0 Å². The minimum Gasteiger partial charge on any atom is -0.502 e. The quantitative estimate of drug-likeness (QED) is 0.375. The molecule has 0 atom stereocenters. The van der Waals surface area contributed by atoms with Crippen molar-refractivity contribution in [1.82, 2.24) is 0 Å². The molecule has 2 N–H and O–H groups in total. The predicted molar refractivity (Wildman–Crippen MR) is 24.0 cm³/mol. The van der Waals surface area contributed by atoms with Gasteiger partial charge in [0, 0.05) is 0 Å². The zero-order valence-corrected chi connectivity index (χ0v) is 3.88. The average molecular weight is 102 g/mol. The predicted octanol–water partition coefficient (Wildman–Crippen LogP) is 0.533. The molecule has 0 amide bonds. The summed E-state index contributed by atoms with van der Waals surface area (Å²) in [5.74, 6) is -1.90. The van der Waals surface area contributed by atoms with Crippen LogP contribution >= 0.6 is 0 Å². The van der Waals surface area contributed by atoms with Gasteiger partial charge in [-0.1, -0.05) is 0 Å². The van der Waals surface area contributed by atoms with Crippen LogP contribution in [0.25, 0.3) is 0 Å². The minimum atomic E-state index is -1.29. The molecular formula is C4H6O3. The summed E-state index contributed by atoms with van der Waals surface area (Å²) in [5, 5.41) is 16.1. The van der Waals surface area contributed by atoms with Gasteiger partial charge >= 0.3 is 5.97 Å². The Morgan fingerprint density at radius 2 is 2.00 bits per heavy atom. The van der Waals surface area contributed by atoms with Gasteiger partial charge in [-0.2, -0.15) is 0 Å². The van der Waals surface area contributed by atoms with Crippen molar-refractivity contribution in [3.05, 3.63) is 11.8 Å². The Morgan fingerprint density at radius 1 is 1.57 bits per heavy atom. The van der Waals surface area contributed by atoms with Crippen LogP contribution in [0.15, 0.2) is 11.8 Å². The third kappa shape index (κ3) is 1.81. The Morgan fingerprint density at radius 3 is 2.00 bits per heavy atom. The largest absolute Gasteiger partial charge is 0.502 e. The molecule has 0 aromatic carbocycles. The molecule has 0 saturated heterocycles. The van der Waals surface area contributed by atoms with Gasteiger partial charge in [-0.15, -0.1) is 0 Å². The fourth-order valence-electron chi connectivity index (χ4n) is 0.123. The molecule has 0 aliphatic rings. The van der Waals surface area contributed by atoms with Crippen molar-refractivity contribution < 1.29 is 15.0 Å². The van der Waals surface area contributed by atoms with E-state index in [1.54, 1.807) is 0 Å². The summed E-state index contributed by atoms with van der Waals surface area (Å²) in [7, 11) is 0. The smallest absolute Gasteiger partial charge is 0.370 e. The first-order valence-corrected chi connectivity index (χ1v) is 1.77. The highest BCUT2D eigenvalue weighted by atomic mass is 16.4. The number of rotatable bonds is 1. The number of carbonyl (C=O) groups is 1. The molecule has 0 rings (SSSR count). The maximum Gasteiger partial charge on any atom is 0.370 e. The van der Waals surface area contributed by atoms with Crippen LogP contribution in [0.1, 0.15) is 6.92 Å². The van der Waals surface area contributed by atoms with Crippen LogP contribution in [-0.2, 0) is 4.79 Å². The molecule has 0 heterocycles. The first kappa shape index (κ1) is 6.01. The second-order valence-corrected chi connectivity index (χ2v) is 0.979. The average Bonchev–Trinajstić information content (AvgIpc) is 1.65. The van der Waals surface area contributed by atoms with E-state index in [-0.39, 0.29) is 0 Å². The number of hydrogen-bond acceptors (Lipinski definition) is 2. The number of carboxylic acids is 1. The van der Waals surface area contributed by atoms with Crippen molar-refractivity contribution in [1.29, 1.82) is 0 Å². The Kier molecular flexibility index (Phi) is 1.91. The van der Waals surface area contributed by atoms with Gasteiger partial charge in [0.1, 0.15) is 0 Å². The van der Waals surface area contributed by atoms with E-state index in [1.165, 1.54) is 6.92 Å². The first-order valence-electron chi connectivity index (χ1n) is 1.77. The number of aliphatic hydroxyl groups excluding tert-OH is 1. The maximum absolute atomic E-state index is 9.61. The van der Waals surface area contributed by atoms with Crippen LogP contribution in [0, 0.1) is 0 Å². The number of carboxylic acid groups (broad SMARTS) is 1. The van der Waals surface area contributed by atoms with E-state index in [1.807, 2.05) is 0 Å². The summed E-state index contributed by atoms with van der Waals surface area (Å²) in [4.78, 5) is 9.61. The summed E-state index contributed by atoms with van der Waals surface area (Å²) in [6.45, 7) is 1.45. The van der Waals surface area contributed by atoms with Crippen molar-refractivity contribution in [3.8, 4) is 0 Å². The normalized spacial score (nSPS) is 11.3. The molecule has 0 unspecified atom stereocenters. The summed E-state index contributed by atoms with van der Waals surface area (Å²) in [6, 6.07) is 0. The van der Waals surface area contributed by atoms with Crippen LogP contribution in [0.3, 0.4) is 0 Å². The van der Waals surface area contributed by atoms with E-state index in [2.05, 4.69) is 0 Å². The van der Waals surface area contributed by atoms with E-state index < -0.39 is 11.7 Å². The number of hydrogen-bond donors (Lipinski definition) is 2. The standard InChI is InChI=1S/C4H6O3/c1-2-3(5)4(6)7/h2,5H,1H3,(H,6,7)/b3-2-. The van der Waals surface area contributed by atoms with Gasteiger partial charge in [0.2, 0.25) is 0 Å². The Labute approximate surface area is 40.9 Å². The molecule has 0 saturated carbocycles. The molecule has 0 aliphatic heterocycles. The van der Waals surface area contributed by atoms with Crippen LogP contribution in [0.4, 0.5) is 0 Å². The third-order valence-electron chi connectivity index (χ3n) is 0.493. The van der Waals surface area contributed by atoms with Gasteiger partial charge in [0.05, 0.1) is 0 Å². The summed E-state index contributed by atoms with van der Waals surface area (Å²) in [6.07, 6.45) is 1.11. The molecule has 0 aromatic rings. The van der Waals surface area contributed by atoms with Crippen LogP contribution in [0.5, 0.6) is 0 Å². The lowest BCUT2D eigenvalue weighted by Crippen LogP contribution is -1.97. The highest BCUT2D eigenvalue weighted by Crippen LogP contribution is 1.83. The molecule has 7 heavy (non-hydrogen) atoms. The van der Waals surface area contributed by atoms with Crippen molar-refractivity contribution in [2.24, 2.45) is 0 Å². The molecule has 0 bridgehead atoms.